The Bertz CT molecular complexity index is 90.9. The molecule has 1 N–H and O–H groups in total. The standard InChI is InChI=1S/C4H8O2S.C3H8O/c1-4(5)6-2-3-7;1-3(2)4/h7H,2-3H2,1H3;3-4H,1-2H3. The van der Waals surface area contributed by atoms with E-state index in [1.54, 1.807) is 13.8 Å². The number of aliphatic hydroxyl groups excluding tert-OH is 1. The zero-order valence-corrected chi connectivity index (χ0v) is 8.10. The number of thiol groups is 1. The first kappa shape index (κ1) is 13.4. The third-order valence-electron chi connectivity index (χ3n) is 0.397. The van der Waals surface area contributed by atoms with Crippen LogP contribution >= 0.6 is 12.6 Å². The van der Waals surface area contributed by atoms with Crippen molar-refractivity contribution in [1.82, 2.24) is 0 Å². The molecule has 4 heteroatoms. The quantitative estimate of drug-likeness (QED) is 0.489. The molecule has 0 saturated carbocycles. The van der Waals surface area contributed by atoms with Crippen molar-refractivity contribution in [3.05, 3.63) is 0 Å². The minimum Gasteiger partial charge on any atom is -0.465 e. The molecule has 0 saturated heterocycles. The predicted molar refractivity (Wildman–Crippen MR) is 47.8 cm³/mol. The number of hydrogen-bond donors (Lipinski definition) is 2. The lowest BCUT2D eigenvalue weighted by Gasteiger charge is -1.93. The van der Waals surface area contributed by atoms with Crippen molar-refractivity contribution in [3.8, 4) is 0 Å². The van der Waals surface area contributed by atoms with Gasteiger partial charge in [-0.15, -0.1) is 0 Å². The second-order valence-electron chi connectivity index (χ2n) is 2.16. The molecule has 3 nitrogen and oxygen atoms in total. The van der Waals surface area contributed by atoms with E-state index in [2.05, 4.69) is 17.4 Å². The molecule has 0 spiro atoms. The molecule has 0 heterocycles. The summed E-state index contributed by atoms with van der Waals surface area (Å²) < 4.78 is 4.48. The van der Waals surface area contributed by atoms with Crippen LogP contribution in [0.25, 0.3) is 0 Å². The van der Waals surface area contributed by atoms with E-state index < -0.39 is 0 Å². The van der Waals surface area contributed by atoms with Crippen molar-refractivity contribution < 1.29 is 14.6 Å². The van der Waals surface area contributed by atoms with Crippen molar-refractivity contribution >= 4 is 18.6 Å². The van der Waals surface area contributed by atoms with Gasteiger partial charge in [0.25, 0.3) is 0 Å². The van der Waals surface area contributed by atoms with Crippen molar-refractivity contribution in [2.45, 2.75) is 26.9 Å². The van der Waals surface area contributed by atoms with Gasteiger partial charge in [0, 0.05) is 18.8 Å². The number of rotatable bonds is 2. The fourth-order valence-corrected chi connectivity index (χ4v) is 0.281. The minimum absolute atomic E-state index is 0.167. The Balaban J connectivity index is 0. The zero-order valence-electron chi connectivity index (χ0n) is 7.20. The minimum atomic E-state index is -0.242. The average Bonchev–Trinajstić information content (AvgIpc) is 1.82. The molecule has 0 aliphatic rings. The first-order valence-corrected chi connectivity index (χ1v) is 4.06. The van der Waals surface area contributed by atoms with Crippen LogP contribution in [-0.4, -0.2) is 29.5 Å². The van der Waals surface area contributed by atoms with Gasteiger partial charge in [0.15, 0.2) is 0 Å². The van der Waals surface area contributed by atoms with Crippen LogP contribution in [0.4, 0.5) is 0 Å². The molecular formula is C7H16O3S. The van der Waals surface area contributed by atoms with Crippen LogP contribution < -0.4 is 0 Å². The maximum Gasteiger partial charge on any atom is 0.302 e. The Morgan fingerprint density at radius 3 is 2.09 bits per heavy atom. The molecular weight excluding hydrogens is 164 g/mol. The summed E-state index contributed by atoms with van der Waals surface area (Å²) in [6.07, 6.45) is -0.167. The van der Waals surface area contributed by atoms with Gasteiger partial charge in [0.2, 0.25) is 0 Å². The highest BCUT2D eigenvalue weighted by Gasteiger charge is 1.85. The van der Waals surface area contributed by atoms with Crippen LogP contribution in [0.3, 0.4) is 0 Å². The van der Waals surface area contributed by atoms with E-state index in [4.69, 9.17) is 5.11 Å². The van der Waals surface area contributed by atoms with Gasteiger partial charge in [-0.1, -0.05) is 0 Å². The lowest BCUT2D eigenvalue weighted by molar-refractivity contribution is -0.140. The van der Waals surface area contributed by atoms with E-state index in [0.29, 0.717) is 12.4 Å². The van der Waals surface area contributed by atoms with Crippen molar-refractivity contribution in [3.63, 3.8) is 0 Å². The van der Waals surface area contributed by atoms with Crippen LogP contribution in [0.5, 0.6) is 0 Å². The molecule has 0 aliphatic carbocycles. The fourth-order valence-electron chi connectivity index (χ4n) is 0.189. The molecule has 0 aromatic carbocycles. The van der Waals surface area contributed by atoms with Crippen LogP contribution in [0.2, 0.25) is 0 Å². The van der Waals surface area contributed by atoms with Gasteiger partial charge in [0.1, 0.15) is 6.61 Å². The third-order valence-corrected chi connectivity index (χ3v) is 0.579. The molecule has 0 amide bonds. The van der Waals surface area contributed by atoms with Crippen molar-refractivity contribution in [2.75, 3.05) is 12.4 Å². The number of hydrogen-bond acceptors (Lipinski definition) is 4. The van der Waals surface area contributed by atoms with Crippen molar-refractivity contribution in [1.29, 1.82) is 0 Å². The molecule has 0 unspecified atom stereocenters. The monoisotopic (exact) mass is 180 g/mol. The van der Waals surface area contributed by atoms with Crippen LogP contribution in [0.1, 0.15) is 20.8 Å². The van der Waals surface area contributed by atoms with E-state index in [9.17, 15) is 4.79 Å². The van der Waals surface area contributed by atoms with Crippen LogP contribution in [0, 0.1) is 0 Å². The van der Waals surface area contributed by atoms with Gasteiger partial charge in [-0.3, -0.25) is 4.79 Å². The second-order valence-corrected chi connectivity index (χ2v) is 2.60. The van der Waals surface area contributed by atoms with E-state index >= 15 is 0 Å². The Morgan fingerprint density at radius 1 is 1.64 bits per heavy atom. The van der Waals surface area contributed by atoms with Crippen molar-refractivity contribution in [2.24, 2.45) is 0 Å². The third kappa shape index (κ3) is 41.4. The first-order valence-electron chi connectivity index (χ1n) is 3.43. The Labute approximate surface area is 73.2 Å². The highest BCUT2D eigenvalue weighted by atomic mass is 32.1. The highest BCUT2D eigenvalue weighted by molar-refractivity contribution is 7.80. The maximum absolute atomic E-state index is 9.95. The molecule has 0 aliphatic heterocycles. The lowest BCUT2D eigenvalue weighted by Crippen LogP contribution is -2.00. The molecule has 68 valence electrons. The van der Waals surface area contributed by atoms with Crippen LogP contribution in [0.15, 0.2) is 0 Å². The summed E-state index contributed by atoms with van der Waals surface area (Å²) in [6, 6.07) is 0. The van der Waals surface area contributed by atoms with Gasteiger partial charge in [0.05, 0.1) is 0 Å². The number of carbonyl (C=O) groups excluding carboxylic acids is 1. The average molecular weight is 180 g/mol. The SMILES string of the molecule is CC(=O)OCCS.CC(C)O. The highest BCUT2D eigenvalue weighted by Crippen LogP contribution is 1.77. The molecule has 0 rings (SSSR count). The van der Waals surface area contributed by atoms with Crippen LogP contribution in [-0.2, 0) is 9.53 Å². The molecule has 0 bridgehead atoms. The molecule has 0 aromatic rings. The normalized spacial score (nSPS) is 8.55. The Morgan fingerprint density at radius 2 is 2.00 bits per heavy atom. The Hall–Kier alpha value is -0.220. The van der Waals surface area contributed by atoms with E-state index in [-0.39, 0.29) is 12.1 Å². The van der Waals surface area contributed by atoms with Gasteiger partial charge in [-0.25, -0.2) is 0 Å². The molecule has 0 aromatic heterocycles. The summed E-state index contributed by atoms with van der Waals surface area (Å²) in [5.41, 5.74) is 0. The van der Waals surface area contributed by atoms with Gasteiger partial charge in [-0.2, -0.15) is 12.6 Å². The Kier molecular flexibility index (Phi) is 11.9. The predicted octanol–water partition coefficient (Wildman–Crippen LogP) is 0.866. The molecule has 0 atom stereocenters. The topological polar surface area (TPSA) is 46.5 Å². The number of ether oxygens (including phenoxy) is 1. The van der Waals surface area contributed by atoms with E-state index in [1.807, 2.05) is 0 Å². The van der Waals surface area contributed by atoms with E-state index in [1.165, 1.54) is 6.92 Å². The number of carbonyl (C=O) groups is 1. The number of aliphatic hydroxyl groups is 1. The van der Waals surface area contributed by atoms with Gasteiger partial charge >= 0.3 is 5.97 Å². The molecule has 0 radical (unpaired) electrons. The first-order chi connectivity index (χ1) is 5.00. The summed E-state index contributed by atoms with van der Waals surface area (Å²) in [5, 5.41) is 8.06. The molecule has 11 heavy (non-hydrogen) atoms. The summed E-state index contributed by atoms with van der Waals surface area (Å²) >= 11 is 3.82. The largest absolute Gasteiger partial charge is 0.465 e. The lowest BCUT2D eigenvalue weighted by atomic mass is 10.5. The van der Waals surface area contributed by atoms with Gasteiger partial charge < -0.3 is 9.84 Å². The number of esters is 1. The summed E-state index contributed by atoms with van der Waals surface area (Å²) in [5.74, 6) is 0.355. The second kappa shape index (κ2) is 9.78. The summed E-state index contributed by atoms with van der Waals surface area (Å²) in [6.45, 7) is 5.24. The summed E-state index contributed by atoms with van der Waals surface area (Å²) in [7, 11) is 0. The molecule has 0 fully saturated rings. The maximum atomic E-state index is 9.95. The zero-order chi connectivity index (χ0) is 9.28. The van der Waals surface area contributed by atoms with Gasteiger partial charge in [-0.05, 0) is 13.8 Å². The fraction of sp³-hybridized carbons (Fsp3) is 0.857. The summed E-state index contributed by atoms with van der Waals surface area (Å²) in [4.78, 5) is 9.95. The smallest absolute Gasteiger partial charge is 0.302 e. The van der Waals surface area contributed by atoms with E-state index in [0.717, 1.165) is 0 Å².